The molecule has 10 atom stereocenters. The molecule has 0 aromatic heterocycles. The Morgan fingerprint density at radius 2 is 1.55 bits per heavy atom. The Morgan fingerprint density at radius 1 is 0.883 bits per heavy atom. The van der Waals surface area contributed by atoms with Crippen LogP contribution in [0.2, 0.25) is 0 Å². The summed E-state index contributed by atoms with van der Waals surface area (Å²) in [5.74, 6) is -2.01. The lowest BCUT2D eigenvalue weighted by molar-refractivity contribution is -0.234. The van der Waals surface area contributed by atoms with Gasteiger partial charge in [-0.15, -0.1) is 0 Å². The summed E-state index contributed by atoms with van der Waals surface area (Å²) in [5.41, 5.74) is 4.56. The smallest absolute Gasteiger partial charge is 0.339 e. The predicted molar refractivity (Wildman–Crippen MR) is 229 cm³/mol. The first-order valence-corrected chi connectivity index (χ1v) is 21.9. The molecule has 2 N–H and O–H groups in total. The summed E-state index contributed by atoms with van der Waals surface area (Å²) in [6.07, 6.45) is 5.54. The number of rotatable bonds is 11. The Hall–Kier alpha value is -4.28. The fourth-order valence-electron chi connectivity index (χ4n) is 12.1. The zero-order chi connectivity index (χ0) is 43.8. The zero-order valence-corrected chi connectivity index (χ0v) is 37.4. The molecule has 4 fully saturated rings. The van der Waals surface area contributed by atoms with Crippen LogP contribution in [-0.4, -0.2) is 52.8 Å². The van der Waals surface area contributed by atoms with Crippen LogP contribution in [0.1, 0.15) is 147 Å². The van der Waals surface area contributed by atoms with Gasteiger partial charge in [-0.1, -0.05) is 81.8 Å². The molecule has 0 radical (unpaired) electrons. The molecule has 6 rings (SSSR count). The summed E-state index contributed by atoms with van der Waals surface area (Å²) in [5, 5.41) is 12.6. The molecule has 1 amide bonds. The summed E-state index contributed by atoms with van der Waals surface area (Å²) in [4.78, 5) is 59.5. The number of esters is 3. The summed E-state index contributed by atoms with van der Waals surface area (Å²) in [6.45, 7) is 20.2. The van der Waals surface area contributed by atoms with Gasteiger partial charge in [0.05, 0.1) is 22.8 Å². The maximum absolute atomic E-state index is 14.3. The number of hydrogen-bond donors (Lipinski definition) is 2. The Kier molecular flexibility index (Phi) is 13.3. The van der Waals surface area contributed by atoms with Crippen LogP contribution in [0.3, 0.4) is 0 Å². The van der Waals surface area contributed by atoms with E-state index < -0.39 is 47.0 Å². The van der Waals surface area contributed by atoms with Crippen molar-refractivity contribution in [1.82, 2.24) is 5.48 Å². The monoisotopic (exact) mass is 825 g/mol. The van der Waals surface area contributed by atoms with E-state index in [0.717, 1.165) is 36.0 Å². The van der Waals surface area contributed by atoms with E-state index in [4.69, 9.17) is 19.0 Å². The number of hydroxylamine groups is 1. The summed E-state index contributed by atoms with van der Waals surface area (Å²) in [6, 6.07) is 16.2. The molecule has 2 aromatic carbocycles. The first-order valence-electron chi connectivity index (χ1n) is 21.9. The number of amides is 1. The van der Waals surface area contributed by atoms with Gasteiger partial charge in [0.1, 0.15) is 18.8 Å². The van der Waals surface area contributed by atoms with Gasteiger partial charge in [-0.25, -0.2) is 15.1 Å². The molecular formula is C50H67NO9. The van der Waals surface area contributed by atoms with Gasteiger partial charge in [0.2, 0.25) is 0 Å². The van der Waals surface area contributed by atoms with E-state index in [9.17, 15) is 24.3 Å². The molecule has 0 spiro atoms. The van der Waals surface area contributed by atoms with Crippen molar-refractivity contribution in [2.24, 2.45) is 39.9 Å². The van der Waals surface area contributed by atoms with Crippen LogP contribution in [0.5, 0.6) is 0 Å². The fraction of sp³-hybridized carbons (Fsp3) is 0.600. The van der Waals surface area contributed by atoms with Crippen molar-refractivity contribution in [2.75, 3.05) is 0 Å². The Morgan fingerprint density at radius 3 is 2.20 bits per heavy atom. The number of ether oxygens (including phenoxy) is 3. The number of aliphatic hydroxyl groups excluding tert-OH is 1. The van der Waals surface area contributed by atoms with Crippen molar-refractivity contribution in [3.63, 3.8) is 0 Å². The minimum Gasteiger partial charge on any atom is -0.458 e. The molecule has 0 saturated heterocycles. The van der Waals surface area contributed by atoms with Gasteiger partial charge in [0.15, 0.2) is 0 Å². The summed E-state index contributed by atoms with van der Waals surface area (Å²) in [7, 11) is 0. The third-order valence-corrected chi connectivity index (χ3v) is 14.8. The molecule has 326 valence electrons. The van der Waals surface area contributed by atoms with Crippen molar-refractivity contribution in [2.45, 2.75) is 151 Å². The number of aliphatic hydroxyl groups is 1. The van der Waals surface area contributed by atoms with Gasteiger partial charge in [-0.2, -0.15) is 0 Å². The number of hydrogen-bond acceptors (Lipinski definition) is 9. The second-order valence-corrected chi connectivity index (χ2v) is 20.0. The van der Waals surface area contributed by atoms with Crippen LogP contribution in [0, 0.1) is 39.9 Å². The average Bonchev–Trinajstić information content (AvgIpc) is 3.46. The number of fused-ring (bicyclic) bond motifs is 5. The molecule has 4 aliphatic carbocycles. The second-order valence-electron chi connectivity index (χ2n) is 20.0. The Labute approximate surface area is 356 Å². The van der Waals surface area contributed by atoms with E-state index >= 15 is 0 Å². The molecule has 0 unspecified atom stereocenters. The van der Waals surface area contributed by atoms with E-state index in [1.54, 1.807) is 24.3 Å². The van der Waals surface area contributed by atoms with E-state index in [1.807, 2.05) is 65.0 Å². The minimum atomic E-state index is -0.682. The van der Waals surface area contributed by atoms with Gasteiger partial charge >= 0.3 is 17.9 Å². The zero-order valence-electron chi connectivity index (χ0n) is 37.4. The normalized spacial score (nSPS) is 33.0. The van der Waals surface area contributed by atoms with Crippen molar-refractivity contribution in [3.8, 4) is 0 Å². The van der Waals surface area contributed by atoms with E-state index in [2.05, 4.69) is 39.3 Å². The number of allylic oxidation sites excluding steroid dienone is 2. The van der Waals surface area contributed by atoms with Crippen molar-refractivity contribution in [1.29, 1.82) is 0 Å². The van der Waals surface area contributed by atoms with Crippen LogP contribution < -0.4 is 5.48 Å². The van der Waals surface area contributed by atoms with E-state index in [1.165, 1.54) is 6.92 Å². The van der Waals surface area contributed by atoms with Crippen LogP contribution >= 0.6 is 0 Å². The standard InChI is InChI=1S/C50H67NO9/c1-30(2)17-16-22-36(45(55)57-29-33-18-12-11-13-19-33)42-38-27-39(53)43-48(8)25-24-40(59-46(56)35-21-15-14-20-34(35)44(54)51-60-47(5,6)7)31(3)37(48)23-26-49(43,9)50(38,10)28-41(42)58-32(4)52/h11-15,17-21,31,37-41,43,53H,16,22-29H2,1-10H3,(H,51,54)/b42-36-/t31-,37-,38-,39+,40+,41-,43-,48-,49-,50-/m0/s1. The largest absolute Gasteiger partial charge is 0.458 e. The number of benzene rings is 2. The number of carbonyl (C=O) groups excluding carboxylic acids is 4. The molecule has 10 nitrogen and oxygen atoms in total. The summed E-state index contributed by atoms with van der Waals surface area (Å²) < 4.78 is 18.5. The molecule has 4 aliphatic rings. The van der Waals surface area contributed by atoms with Crippen LogP contribution in [0.15, 0.2) is 77.4 Å². The van der Waals surface area contributed by atoms with Crippen molar-refractivity contribution in [3.05, 3.63) is 94.1 Å². The maximum Gasteiger partial charge on any atom is 0.339 e. The first-order chi connectivity index (χ1) is 28.2. The molecule has 10 heteroatoms. The lowest BCUT2D eigenvalue weighted by Crippen LogP contribution is -2.65. The topological polar surface area (TPSA) is 137 Å². The van der Waals surface area contributed by atoms with Crippen LogP contribution in [-0.2, 0) is 35.2 Å². The van der Waals surface area contributed by atoms with Crippen LogP contribution in [0.4, 0.5) is 0 Å². The van der Waals surface area contributed by atoms with Gasteiger partial charge < -0.3 is 19.3 Å². The summed E-state index contributed by atoms with van der Waals surface area (Å²) >= 11 is 0. The highest BCUT2D eigenvalue weighted by Crippen LogP contribution is 2.74. The Balaban J connectivity index is 1.28. The highest BCUT2D eigenvalue weighted by atomic mass is 16.7. The number of carbonyl (C=O) groups is 4. The molecule has 4 saturated carbocycles. The quantitative estimate of drug-likeness (QED) is 0.0746. The molecule has 0 aliphatic heterocycles. The van der Waals surface area contributed by atoms with E-state index in [0.29, 0.717) is 37.7 Å². The SMILES string of the molecule is CC(=O)O[C@H]1C[C@@]2(C)[C@@H](C[C@@H](O)[C@H]3[C@@]4(C)CC[C@@H](OC(=O)c5ccccc5C(=O)NOC(C)(C)C)[C@@H](C)[C@@H]4CC[C@@]32C)/C1=C(\CCC=C(C)C)C(=O)OCc1ccccc1. The lowest BCUT2D eigenvalue weighted by Gasteiger charge is -2.69. The second kappa shape index (κ2) is 17.6. The van der Waals surface area contributed by atoms with Crippen LogP contribution in [0.25, 0.3) is 0 Å². The minimum absolute atomic E-state index is 0.00548. The lowest BCUT2D eigenvalue weighted by atomic mass is 9.36. The van der Waals surface area contributed by atoms with Gasteiger partial charge in [0.25, 0.3) is 5.91 Å². The van der Waals surface area contributed by atoms with Crippen molar-refractivity contribution >= 4 is 23.8 Å². The predicted octanol–water partition coefficient (Wildman–Crippen LogP) is 9.65. The molecule has 2 aromatic rings. The highest BCUT2D eigenvalue weighted by Gasteiger charge is 2.71. The third-order valence-electron chi connectivity index (χ3n) is 14.8. The maximum atomic E-state index is 14.3. The number of nitrogens with one attached hydrogen (secondary N) is 1. The average molecular weight is 826 g/mol. The van der Waals surface area contributed by atoms with Gasteiger partial charge in [-0.3, -0.25) is 14.4 Å². The van der Waals surface area contributed by atoms with E-state index in [-0.39, 0.29) is 58.3 Å². The van der Waals surface area contributed by atoms with Gasteiger partial charge in [-0.05, 0) is 149 Å². The third kappa shape index (κ3) is 8.87. The molecular weight excluding hydrogens is 759 g/mol. The highest BCUT2D eigenvalue weighted by molar-refractivity contribution is 6.05. The first kappa shape index (κ1) is 45.3. The molecule has 60 heavy (non-hydrogen) atoms. The van der Waals surface area contributed by atoms with Crippen molar-refractivity contribution < 1.29 is 43.3 Å². The fourth-order valence-corrected chi connectivity index (χ4v) is 12.1. The van der Waals surface area contributed by atoms with Gasteiger partial charge in [0, 0.05) is 12.5 Å². The molecule has 0 bridgehead atoms. The Bertz CT molecular complexity index is 1990. The molecule has 0 heterocycles.